The van der Waals surface area contributed by atoms with E-state index in [-0.39, 0.29) is 0 Å². The van der Waals surface area contributed by atoms with Gasteiger partial charge in [-0.1, -0.05) is 12.8 Å². The Morgan fingerprint density at radius 2 is 1.88 bits per heavy atom. The second-order valence-electron chi connectivity index (χ2n) is 5.76. The maximum absolute atomic E-state index is 8.80. The Morgan fingerprint density at radius 3 is 2.44 bits per heavy atom. The number of ether oxygens (including phenoxy) is 1. The minimum atomic E-state index is -1.33. The van der Waals surface area contributed by atoms with Gasteiger partial charge in [-0.15, -0.1) is 0 Å². The number of benzene rings is 1. The van der Waals surface area contributed by atoms with Gasteiger partial charge < -0.3 is 15.6 Å². The molecule has 1 heterocycles. The Hall–Kier alpha value is -3.14. The van der Waals surface area contributed by atoms with Crippen LogP contribution in [-0.2, 0) is 0 Å². The molecule has 1 fully saturated rings. The van der Waals surface area contributed by atoms with Gasteiger partial charge in [-0.2, -0.15) is 10.2 Å². The molecule has 0 bridgehead atoms. The SMILES string of the molecule is Cc1cc(Oc2ccc(C#N)cc2)nc(C2CCCC2)n1.NC(=O)O. The van der Waals surface area contributed by atoms with Crippen LogP contribution in [-0.4, -0.2) is 21.2 Å². The molecular formula is C18H20N4O3. The second kappa shape index (κ2) is 8.64. The standard InChI is InChI=1S/C17H17N3O.CH3NO2/c1-12-10-16(20-17(19-12)14-4-2-3-5-14)21-15-8-6-13(11-18)7-9-15;2-1(3)4/h6-10,14H,2-5H2,1H3;2H2,(H,3,4). The van der Waals surface area contributed by atoms with Crippen LogP contribution < -0.4 is 10.5 Å². The smallest absolute Gasteiger partial charge is 0.402 e. The number of nitriles is 1. The van der Waals surface area contributed by atoms with E-state index in [0.717, 1.165) is 11.5 Å². The number of amides is 1. The van der Waals surface area contributed by atoms with E-state index < -0.39 is 6.09 Å². The van der Waals surface area contributed by atoms with Crippen LogP contribution in [0.4, 0.5) is 4.79 Å². The summed E-state index contributed by atoms with van der Waals surface area (Å²) < 4.78 is 5.80. The molecule has 1 aromatic heterocycles. The molecule has 1 aromatic carbocycles. The summed E-state index contributed by atoms with van der Waals surface area (Å²) in [4.78, 5) is 17.9. The monoisotopic (exact) mass is 340 g/mol. The third-order valence-corrected chi connectivity index (χ3v) is 3.77. The van der Waals surface area contributed by atoms with Crippen LogP contribution in [0.2, 0.25) is 0 Å². The highest BCUT2D eigenvalue weighted by Crippen LogP contribution is 2.33. The van der Waals surface area contributed by atoms with Gasteiger partial charge in [0.2, 0.25) is 5.88 Å². The Balaban J connectivity index is 0.000000511. The number of nitrogens with two attached hydrogens (primary N) is 1. The molecule has 3 N–H and O–H groups in total. The van der Waals surface area contributed by atoms with Crippen molar-refractivity contribution in [2.24, 2.45) is 5.73 Å². The number of nitrogens with zero attached hydrogens (tertiary/aromatic N) is 3. The molecule has 7 nitrogen and oxygen atoms in total. The average molecular weight is 340 g/mol. The lowest BCUT2D eigenvalue weighted by molar-refractivity contribution is 0.205. The summed E-state index contributed by atoms with van der Waals surface area (Å²) >= 11 is 0. The molecule has 7 heteroatoms. The first-order valence-electron chi connectivity index (χ1n) is 8.00. The van der Waals surface area contributed by atoms with Crippen LogP contribution in [0.1, 0.15) is 48.7 Å². The molecular weight excluding hydrogens is 320 g/mol. The molecule has 0 radical (unpaired) electrons. The van der Waals surface area contributed by atoms with Crippen molar-refractivity contribution in [3.05, 3.63) is 47.4 Å². The summed E-state index contributed by atoms with van der Waals surface area (Å²) in [6.07, 6.45) is 3.51. The van der Waals surface area contributed by atoms with E-state index in [4.69, 9.17) is 19.9 Å². The zero-order valence-corrected chi connectivity index (χ0v) is 14.0. The van der Waals surface area contributed by atoms with Crippen LogP contribution in [0.5, 0.6) is 11.6 Å². The number of carbonyl (C=O) groups is 1. The molecule has 1 amide bonds. The third kappa shape index (κ3) is 5.77. The van der Waals surface area contributed by atoms with Crippen LogP contribution >= 0.6 is 0 Å². The summed E-state index contributed by atoms with van der Waals surface area (Å²) in [7, 11) is 0. The first kappa shape index (κ1) is 18.2. The van der Waals surface area contributed by atoms with E-state index in [1.165, 1.54) is 25.7 Å². The van der Waals surface area contributed by atoms with E-state index >= 15 is 0 Å². The Morgan fingerprint density at radius 1 is 1.28 bits per heavy atom. The number of hydrogen-bond donors (Lipinski definition) is 2. The summed E-state index contributed by atoms with van der Waals surface area (Å²) in [5.74, 6) is 2.63. The van der Waals surface area contributed by atoms with E-state index in [1.54, 1.807) is 24.3 Å². The zero-order valence-electron chi connectivity index (χ0n) is 14.0. The molecule has 25 heavy (non-hydrogen) atoms. The molecule has 1 aliphatic carbocycles. The zero-order chi connectivity index (χ0) is 18.2. The minimum absolute atomic E-state index is 0.466. The van der Waals surface area contributed by atoms with Crippen molar-refractivity contribution in [1.82, 2.24) is 9.97 Å². The molecule has 130 valence electrons. The number of rotatable bonds is 3. The maximum atomic E-state index is 8.80. The predicted molar refractivity (Wildman–Crippen MR) is 91.4 cm³/mol. The number of primary amides is 1. The Kier molecular flexibility index (Phi) is 6.29. The van der Waals surface area contributed by atoms with Crippen molar-refractivity contribution >= 4 is 6.09 Å². The van der Waals surface area contributed by atoms with Gasteiger partial charge in [0.25, 0.3) is 0 Å². The van der Waals surface area contributed by atoms with Gasteiger partial charge in [0.1, 0.15) is 11.6 Å². The number of carboxylic acid groups (broad SMARTS) is 1. The predicted octanol–water partition coefficient (Wildman–Crippen LogP) is 3.73. The second-order valence-corrected chi connectivity index (χ2v) is 5.76. The molecule has 0 unspecified atom stereocenters. The summed E-state index contributed by atoms with van der Waals surface area (Å²) in [5, 5.41) is 16.0. The number of hydrogen-bond acceptors (Lipinski definition) is 5. The lowest BCUT2D eigenvalue weighted by Gasteiger charge is -2.11. The Labute approximate surface area is 146 Å². The normalized spacial score (nSPS) is 13.4. The van der Waals surface area contributed by atoms with Crippen molar-refractivity contribution in [3.63, 3.8) is 0 Å². The first-order chi connectivity index (χ1) is 12.0. The fourth-order valence-electron chi connectivity index (χ4n) is 2.70. The third-order valence-electron chi connectivity index (χ3n) is 3.77. The molecule has 2 aromatic rings. The lowest BCUT2D eigenvalue weighted by atomic mass is 10.1. The quantitative estimate of drug-likeness (QED) is 0.877. The van der Waals surface area contributed by atoms with E-state index in [0.29, 0.717) is 23.1 Å². The van der Waals surface area contributed by atoms with Gasteiger partial charge in [-0.25, -0.2) is 9.78 Å². The van der Waals surface area contributed by atoms with Gasteiger partial charge in [-0.05, 0) is 44.0 Å². The van der Waals surface area contributed by atoms with Crippen LogP contribution in [0.3, 0.4) is 0 Å². The van der Waals surface area contributed by atoms with Crippen LogP contribution in [0.25, 0.3) is 0 Å². The van der Waals surface area contributed by atoms with Crippen molar-refractivity contribution in [2.75, 3.05) is 0 Å². The van der Waals surface area contributed by atoms with Gasteiger partial charge >= 0.3 is 6.09 Å². The fraction of sp³-hybridized carbons (Fsp3) is 0.333. The van der Waals surface area contributed by atoms with Gasteiger partial charge in [-0.3, -0.25) is 0 Å². The highest BCUT2D eigenvalue weighted by atomic mass is 16.5. The molecule has 1 aliphatic rings. The average Bonchev–Trinajstić information content (AvgIpc) is 3.09. The maximum Gasteiger partial charge on any atom is 0.402 e. The first-order valence-corrected chi connectivity index (χ1v) is 8.00. The van der Waals surface area contributed by atoms with Crippen molar-refractivity contribution < 1.29 is 14.6 Å². The molecule has 3 rings (SSSR count). The van der Waals surface area contributed by atoms with Gasteiger partial charge in [0, 0.05) is 17.7 Å². The summed E-state index contributed by atoms with van der Waals surface area (Å²) in [6.45, 7) is 1.96. The Bertz CT molecular complexity index is 759. The summed E-state index contributed by atoms with van der Waals surface area (Å²) in [6, 6.07) is 11.0. The van der Waals surface area contributed by atoms with Crippen molar-refractivity contribution in [2.45, 2.75) is 38.5 Å². The van der Waals surface area contributed by atoms with Gasteiger partial charge in [0.15, 0.2) is 0 Å². The number of aryl methyl sites for hydroxylation is 1. The highest BCUT2D eigenvalue weighted by Gasteiger charge is 2.20. The van der Waals surface area contributed by atoms with E-state index in [2.05, 4.69) is 21.8 Å². The molecule has 0 atom stereocenters. The molecule has 1 saturated carbocycles. The molecule has 0 saturated heterocycles. The topological polar surface area (TPSA) is 122 Å². The highest BCUT2D eigenvalue weighted by molar-refractivity contribution is 5.61. The fourth-order valence-corrected chi connectivity index (χ4v) is 2.70. The van der Waals surface area contributed by atoms with Crippen molar-refractivity contribution in [1.29, 1.82) is 5.26 Å². The van der Waals surface area contributed by atoms with E-state index in [9.17, 15) is 0 Å². The molecule has 0 aliphatic heterocycles. The van der Waals surface area contributed by atoms with Crippen LogP contribution in [0.15, 0.2) is 30.3 Å². The largest absolute Gasteiger partial charge is 0.465 e. The van der Waals surface area contributed by atoms with Crippen LogP contribution in [0, 0.1) is 18.3 Å². The van der Waals surface area contributed by atoms with E-state index in [1.807, 2.05) is 13.0 Å². The summed E-state index contributed by atoms with van der Waals surface area (Å²) in [5.41, 5.74) is 5.57. The molecule has 0 spiro atoms. The van der Waals surface area contributed by atoms with Crippen molar-refractivity contribution in [3.8, 4) is 17.7 Å². The number of aromatic nitrogens is 2. The lowest BCUT2D eigenvalue weighted by Crippen LogP contribution is -2.03. The minimum Gasteiger partial charge on any atom is -0.465 e. The van der Waals surface area contributed by atoms with Gasteiger partial charge in [0.05, 0.1) is 11.6 Å².